The van der Waals surface area contributed by atoms with E-state index in [1.54, 1.807) is 0 Å². The van der Waals surface area contributed by atoms with Gasteiger partial charge in [-0.1, -0.05) is 30.3 Å². The lowest BCUT2D eigenvalue weighted by molar-refractivity contribution is -0.123. The summed E-state index contributed by atoms with van der Waals surface area (Å²) in [6, 6.07) is 16.7. The van der Waals surface area contributed by atoms with Crippen LogP contribution in [0.15, 0.2) is 76.4 Å². The molecule has 0 bridgehead atoms. The molecule has 1 heterocycles. The third-order valence-electron chi connectivity index (χ3n) is 4.35. The second-order valence-electron chi connectivity index (χ2n) is 6.81. The number of amides is 1. The molecule has 32 heavy (non-hydrogen) atoms. The Kier molecular flexibility index (Phi) is 6.81. The average Bonchev–Trinajstić information content (AvgIpc) is 2.75. The molecule has 3 N–H and O–H groups in total. The van der Waals surface area contributed by atoms with Gasteiger partial charge in [-0.2, -0.15) is 5.10 Å². The van der Waals surface area contributed by atoms with Gasteiger partial charge in [-0.05, 0) is 42.8 Å². The molecule has 0 saturated heterocycles. The number of hydrogen-bond donors (Lipinski definition) is 2. The van der Waals surface area contributed by atoms with E-state index in [0.717, 1.165) is 10.2 Å². The van der Waals surface area contributed by atoms with Crippen molar-refractivity contribution in [3.8, 4) is 0 Å². The number of nitrogens with one attached hydrogen (secondary N) is 1. The number of primary sulfonamides is 1. The molecule has 1 aromatic heterocycles. The van der Waals surface area contributed by atoms with Gasteiger partial charge in [0, 0.05) is 11.8 Å². The number of aromatic nitrogens is 2. The predicted octanol–water partition coefficient (Wildman–Crippen LogP) is 1.12. The number of hydrogen-bond acceptors (Lipinski definition) is 7. The van der Waals surface area contributed by atoms with Crippen molar-refractivity contribution in [1.29, 1.82) is 0 Å². The topological polar surface area (TPSA) is 150 Å². The van der Waals surface area contributed by atoms with E-state index in [-0.39, 0.29) is 22.7 Å². The smallest absolute Gasteiger partial charge is 0.359 e. The molecule has 10 nitrogen and oxygen atoms in total. The van der Waals surface area contributed by atoms with Crippen LogP contribution in [0.3, 0.4) is 0 Å². The SMILES string of the molecule is CC(OC(=O)c1ccc(=O)n(Cc2ccccc2)n1)C(=O)Nc1ccc(S(N)(=O)=O)cc1. The Hall–Kier alpha value is -3.83. The van der Waals surface area contributed by atoms with Gasteiger partial charge >= 0.3 is 5.97 Å². The van der Waals surface area contributed by atoms with E-state index in [1.165, 1.54) is 43.3 Å². The van der Waals surface area contributed by atoms with E-state index in [9.17, 15) is 22.8 Å². The first-order chi connectivity index (χ1) is 15.1. The lowest BCUT2D eigenvalue weighted by Gasteiger charge is -2.14. The first kappa shape index (κ1) is 22.8. The van der Waals surface area contributed by atoms with Gasteiger partial charge in [0.15, 0.2) is 11.8 Å². The standard InChI is InChI=1S/C21H20N4O6S/c1-14(20(27)23-16-7-9-17(10-8-16)32(22,29)30)31-21(28)18-11-12-19(26)25(24-18)13-15-5-3-2-4-6-15/h2-12,14H,13H2,1H3,(H,23,27)(H2,22,29,30). The zero-order chi connectivity index (χ0) is 23.3. The number of benzene rings is 2. The fraction of sp³-hybridized carbons (Fsp3) is 0.143. The molecule has 166 valence electrons. The van der Waals surface area contributed by atoms with Crippen LogP contribution >= 0.6 is 0 Å². The first-order valence-electron chi connectivity index (χ1n) is 9.40. The Balaban J connectivity index is 1.65. The highest BCUT2D eigenvalue weighted by molar-refractivity contribution is 7.89. The van der Waals surface area contributed by atoms with Gasteiger partial charge in [-0.3, -0.25) is 9.59 Å². The quantitative estimate of drug-likeness (QED) is 0.506. The number of nitrogens with two attached hydrogens (primary N) is 1. The Labute approximate surface area is 183 Å². The number of sulfonamides is 1. The number of carbonyl (C=O) groups is 2. The molecule has 0 radical (unpaired) electrons. The Morgan fingerprint density at radius 3 is 2.34 bits per heavy atom. The van der Waals surface area contributed by atoms with Gasteiger partial charge < -0.3 is 10.1 Å². The Morgan fingerprint density at radius 1 is 1.06 bits per heavy atom. The van der Waals surface area contributed by atoms with Crippen molar-refractivity contribution in [3.05, 3.63) is 88.3 Å². The molecule has 11 heteroatoms. The molecular formula is C21H20N4O6S. The maximum Gasteiger partial charge on any atom is 0.359 e. The normalized spacial score (nSPS) is 12.1. The summed E-state index contributed by atoms with van der Waals surface area (Å²) in [7, 11) is -3.85. The van der Waals surface area contributed by atoms with Gasteiger partial charge in [0.2, 0.25) is 10.0 Å². The minimum Gasteiger partial charge on any atom is -0.448 e. The average molecular weight is 456 g/mol. The molecule has 2 aromatic carbocycles. The van der Waals surface area contributed by atoms with Crippen molar-refractivity contribution >= 4 is 27.6 Å². The second-order valence-corrected chi connectivity index (χ2v) is 8.37. The van der Waals surface area contributed by atoms with Crippen LogP contribution in [0.1, 0.15) is 23.0 Å². The summed E-state index contributed by atoms with van der Waals surface area (Å²) < 4.78 is 28.8. The molecule has 3 aromatic rings. The largest absolute Gasteiger partial charge is 0.448 e. The van der Waals surface area contributed by atoms with Crippen molar-refractivity contribution < 1.29 is 22.7 Å². The van der Waals surface area contributed by atoms with Gasteiger partial charge in [0.25, 0.3) is 11.5 Å². The molecule has 0 saturated carbocycles. The highest BCUT2D eigenvalue weighted by Gasteiger charge is 2.21. The molecular weight excluding hydrogens is 436 g/mol. The van der Waals surface area contributed by atoms with Gasteiger partial charge in [-0.15, -0.1) is 0 Å². The molecule has 1 unspecified atom stereocenters. The van der Waals surface area contributed by atoms with E-state index >= 15 is 0 Å². The summed E-state index contributed by atoms with van der Waals surface area (Å²) in [5.74, 6) is -1.52. The molecule has 0 aliphatic carbocycles. The van der Waals surface area contributed by atoms with Gasteiger partial charge in [-0.25, -0.2) is 23.0 Å². The van der Waals surface area contributed by atoms with Crippen LogP contribution in [-0.2, 0) is 26.1 Å². The van der Waals surface area contributed by atoms with Crippen LogP contribution in [0, 0.1) is 0 Å². The van der Waals surface area contributed by atoms with E-state index in [1.807, 2.05) is 30.3 Å². The van der Waals surface area contributed by atoms with Crippen molar-refractivity contribution in [1.82, 2.24) is 9.78 Å². The molecule has 0 spiro atoms. The first-order valence-corrected chi connectivity index (χ1v) is 10.9. The summed E-state index contributed by atoms with van der Waals surface area (Å²) in [4.78, 5) is 36.7. The van der Waals surface area contributed by atoms with E-state index in [4.69, 9.17) is 9.88 Å². The van der Waals surface area contributed by atoms with Crippen LogP contribution in [0.25, 0.3) is 0 Å². The zero-order valence-corrected chi connectivity index (χ0v) is 17.8. The number of nitrogens with zero attached hydrogens (tertiary/aromatic N) is 2. The van der Waals surface area contributed by atoms with Crippen molar-refractivity contribution in [2.45, 2.75) is 24.5 Å². The fourth-order valence-corrected chi connectivity index (χ4v) is 3.19. The predicted molar refractivity (Wildman–Crippen MR) is 115 cm³/mol. The Bertz CT molecular complexity index is 1290. The molecule has 1 amide bonds. The summed E-state index contributed by atoms with van der Waals surface area (Å²) in [6.45, 7) is 1.54. The number of esters is 1. The second kappa shape index (κ2) is 9.54. The van der Waals surface area contributed by atoms with E-state index < -0.39 is 28.0 Å². The van der Waals surface area contributed by atoms with Crippen LogP contribution in [0.2, 0.25) is 0 Å². The number of ether oxygens (including phenoxy) is 1. The fourth-order valence-electron chi connectivity index (χ4n) is 2.67. The molecule has 3 rings (SSSR count). The minimum absolute atomic E-state index is 0.105. The molecule has 0 aliphatic heterocycles. The van der Waals surface area contributed by atoms with Crippen LogP contribution in [-0.4, -0.2) is 36.2 Å². The zero-order valence-electron chi connectivity index (χ0n) is 17.0. The van der Waals surface area contributed by atoms with Crippen LogP contribution in [0.4, 0.5) is 5.69 Å². The number of carbonyl (C=O) groups excluding carboxylic acids is 2. The molecule has 0 fully saturated rings. The summed E-state index contributed by atoms with van der Waals surface area (Å²) in [5, 5.41) is 11.6. The van der Waals surface area contributed by atoms with Gasteiger partial charge in [0.05, 0.1) is 11.4 Å². The Morgan fingerprint density at radius 2 is 1.72 bits per heavy atom. The van der Waals surface area contributed by atoms with Crippen molar-refractivity contribution in [2.24, 2.45) is 5.14 Å². The maximum atomic E-state index is 12.4. The maximum absolute atomic E-state index is 12.4. The van der Waals surface area contributed by atoms with Crippen LogP contribution < -0.4 is 16.0 Å². The molecule has 1 atom stereocenters. The van der Waals surface area contributed by atoms with Gasteiger partial charge in [0.1, 0.15) is 0 Å². The third-order valence-corrected chi connectivity index (χ3v) is 5.28. The summed E-state index contributed by atoms with van der Waals surface area (Å²) in [5.41, 5.74) is 0.602. The number of rotatable bonds is 7. The number of anilines is 1. The lowest BCUT2D eigenvalue weighted by atomic mass is 10.2. The lowest BCUT2D eigenvalue weighted by Crippen LogP contribution is -2.31. The van der Waals surface area contributed by atoms with E-state index in [0.29, 0.717) is 5.69 Å². The minimum atomic E-state index is -3.85. The summed E-state index contributed by atoms with van der Waals surface area (Å²) in [6.07, 6.45) is -1.18. The monoisotopic (exact) mass is 456 g/mol. The van der Waals surface area contributed by atoms with Crippen molar-refractivity contribution in [2.75, 3.05) is 5.32 Å². The highest BCUT2D eigenvalue weighted by atomic mass is 32.2. The molecule has 0 aliphatic rings. The van der Waals surface area contributed by atoms with Crippen LogP contribution in [0.5, 0.6) is 0 Å². The van der Waals surface area contributed by atoms with Crippen molar-refractivity contribution in [3.63, 3.8) is 0 Å². The summed E-state index contributed by atoms with van der Waals surface area (Å²) >= 11 is 0. The third kappa shape index (κ3) is 5.86. The van der Waals surface area contributed by atoms with E-state index in [2.05, 4.69) is 10.4 Å². The highest BCUT2D eigenvalue weighted by Crippen LogP contribution is 2.13.